The van der Waals surface area contributed by atoms with Crippen LogP contribution in [0.3, 0.4) is 0 Å². The lowest BCUT2D eigenvalue weighted by Crippen LogP contribution is -1.96. The van der Waals surface area contributed by atoms with Gasteiger partial charge < -0.3 is 0 Å². The fourth-order valence-electron chi connectivity index (χ4n) is 1.93. The smallest absolute Gasteiger partial charge is 0.0346 e. The van der Waals surface area contributed by atoms with Crippen molar-refractivity contribution in [2.45, 2.75) is 32.6 Å². The van der Waals surface area contributed by atoms with Crippen molar-refractivity contribution >= 4 is 12.3 Å². The maximum Gasteiger partial charge on any atom is 0.0346 e. The minimum absolute atomic E-state index is 0.592. The van der Waals surface area contributed by atoms with Crippen LogP contribution >= 0.6 is 0 Å². The van der Waals surface area contributed by atoms with Crippen LogP contribution in [0.2, 0.25) is 0 Å². The van der Waals surface area contributed by atoms with Crippen molar-refractivity contribution < 1.29 is 0 Å². The van der Waals surface area contributed by atoms with Crippen LogP contribution in [-0.2, 0) is 0 Å². The minimum Gasteiger partial charge on any atom is -0.265 e. The summed E-state index contributed by atoms with van der Waals surface area (Å²) in [4.78, 5) is 4.09. The number of hydrogen-bond acceptors (Lipinski definition) is 1. The second kappa shape index (κ2) is 6.85. The second-order valence-electron chi connectivity index (χ2n) is 4.24. The number of benzene rings is 1. The Hall–Kier alpha value is -1.63. The molecule has 1 nitrogen and oxygen atoms in total. The van der Waals surface area contributed by atoms with Crippen molar-refractivity contribution in [1.82, 2.24) is 0 Å². The maximum absolute atomic E-state index is 4.09. The van der Waals surface area contributed by atoms with Gasteiger partial charge in [0.1, 0.15) is 0 Å². The zero-order valence-electron chi connectivity index (χ0n) is 10.8. The highest BCUT2D eigenvalue weighted by Gasteiger charge is 2.06. The summed E-state index contributed by atoms with van der Waals surface area (Å²) in [5.74, 6) is 0.592. The van der Waals surface area contributed by atoms with Crippen LogP contribution in [0.5, 0.6) is 0 Å². The summed E-state index contributed by atoms with van der Waals surface area (Å²) in [5.41, 5.74) is 3.59. The molecule has 0 bridgehead atoms. The first-order valence-electron chi connectivity index (χ1n) is 6.13. The molecule has 0 heterocycles. The number of hydrogen-bond donors (Lipinski definition) is 0. The average Bonchev–Trinajstić information content (AvgIpc) is 2.36. The molecule has 1 unspecified atom stereocenters. The summed E-state index contributed by atoms with van der Waals surface area (Å²) >= 11 is 0. The van der Waals surface area contributed by atoms with E-state index in [0.29, 0.717) is 5.92 Å². The Kier molecular flexibility index (Phi) is 5.41. The third-order valence-electron chi connectivity index (χ3n) is 2.94. The quantitative estimate of drug-likeness (QED) is 0.619. The predicted molar refractivity (Wildman–Crippen MR) is 77.6 cm³/mol. The molecule has 0 aromatic heterocycles. The van der Waals surface area contributed by atoms with Gasteiger partial charge in [-0.15, -0.1) is 0 Å². The molecule has 0 saturated heterocycles. The van der Waals surface area contributed by atoms with Gasteiger partial charge in [-0.05, 0) is 29.5 Å². The fourth-order valence-corrected chi connectivity index (χ4v) is 1.93. The molecule has 1 aromatic carbocycles. The van der Waals surface area contributed by atoms with E-state index in [1.165, 1.54) is 18.4 Å². The van der Waals surface area contributed by atoms with E-state index in [0.717, 1.165) is 11.1 Å². The Labute approximate surface area is 105 Å². The van der Waals surface area contributed by atoms with Crippen LogP contribution in [0.15, 0.2) is 42.5 Å². The van der Waals surface area contributed by atoms with E-state index in [2.05, 4.69) is 50.2 Å². The number of rotatable bonds is 6. The van der Waals surface area contributed by atoms with Crippen LogP contribution < -0.4 is 0 Å². The maximum atomic E-state index is 4.09. The molecule has 1 heteroatoms. The van der Waals surface area contributed by atoms with Crippen LogP contribution in [-0.4, -0.2) is 6.21 Å². The predicted octanol–water partition coefficient (Wildman–Crippen LogP) is 4.80. The molecule has 90 valence electrons. The van der Waals surface area contributed by atoms with Crippen molar-refractivity contribution in [2.75, 3.05) is 0 Å². The standard InChI is InChI=1S/C16H21N/c1-5-8-13(4)15-10-9-14(6-2)16(11-15)12-17-7-3/h6-7,9-13H,2-3,5,8H2,1,4H3/b17-12-. The van der Waals surface area contributed by atoms with E-state index in [4.69, 9.17) is 0 Å². The van der Waals surface area contributed by atoms with Gasteiger partial charge in [0.2, 0.25) is 0 Å². The largest absolute Gasteiger partial charge is 0.265 e. The summed E-state index contributed by atoms with van der Waals surface area (Å²) in [6.45, 7) is 11.9. The van der Waals surface area contributed by atoms with E-state index in [9.17, 15) is 0 Å². The Morgan fingerprint density at radius 1 is 1.29 bits per heavy atom. The topological polar surface area (TPSA) is 12.4 Å². The van der Waals surface area contributed by atoms with E-state index in [-0.39, 0.29) is 0 Å². The van der Waals surface area contributed by atoms with Crippen LogP contribution in [0, 0.1) is 0 Å². The summed E-state index contributed by atoms with van der Waals surface area (Å²) in [6, 6.07) is 6.49. The van der Waals surface area contributed by atoms with Gasteiger partial charge in [-0.3, -0.25) is 4.99 Å². The zero-order valence-corrected chi connectivity index (χ0v) is 10.8. The third kappa shape index (κ3) is 3.70. The van der Waals surface area contributed by atoms with Gasteiger partial charge in [0, 0.05) is 18.0 Å². The molecule has 1 aromatic rings. The van der Waals surface area contributed by atoms with Gasteiger partial charge in [0.15, 0.2) is 0 Å². The molecular formula is C16H21N. The first-order chi connectivity index (χ1) is 8.22. The molecule has 0 aliphatic rings. The monoisotopic (exact) mass is 227 g/mol. The van der Waals surface area contributed by atoms with Crippen molar-refractivity contribution in [1.29, 1.82) is 0 Å². The summed E-state index contributed by atoms with van der Waals surface area (Å²) < 4.78 is 0. The molecular weight excluding hydrogens is 206 g/mol. The summed E-state index contributed by atoms with van der Waals surface area (Å²) in [5, 5.41) is 0. The molecule has 0 saturated carbocycles. The Morgan fingerprint density at radius 3 is 2.65 bits per heavy atom. The van der Waals surface area contributed by atoms with Crippen LogP contribution in [0.25, 0.3) is 6.08 Å². The van der Waals surface area contributed by atoms with E-state index >= 15 is 0 Å². The molecule has 0 aliphatic heterocycles. The van der Waals surface area contributed by atoms with E-state index in [1.54, 1.807) is 6.20 Å². The molecule has 0 radical (unpaired) electrons. The van der Waals surface area contributed by atoms with E-state index < -0.39 is 0 Å². The minimum atomic E-state index is 0.592. The van der Waals surface area contributed by atoms with Gasteiger partial charge >= 0.3 is 0 Å². The van der Waals surface area contributed by atoms with Crippen molar-refractivity contribution in [3.8, 4) is 0 Å². The second-order valence-corrected chi connectivity index (χ2v) is 4.24. The normalized spacial score (nSPS) is 12.6. The molecule has 1 atom stereocenters. The molecule has 17 heavy (non-hydrogen) atoms. The first-order valence-corrected chi connectivity index (χ1v) is 6.13. The van der Waals surface area contributed by atoms with Crippen molar-refractivity contribution in [3.05, 3.63) is 54.2 Å². The van der Waals surface area contributed by atoms with Crippen LogP contribution in [0.1, 0.15) is 49.3 Å². The number of nitrogens with zero attached hydrogens (tertiary/aromatic N) is 1. The first kappa shape index (κ1) is 13.4. The third-order valence-corrected chi connectivity index (χ3v) is 2.94. The van der Waals surface area contributed by atoms with Crippen LogP contribution in [0.4, 0.5) is 0 Å². The zero-order chi connectivity index (χ0) is 12.7. The fraction of sp³-hybridized carbons (Fsp3) is 0.312. The summed E-state index contributed by atoms with van der Waals surface area (Å²) in [7, 11) is 0. The van der Waals surface area contributed by atoms with E-state index in [1.807, 2.05) is 12.3 Å². The average molecular weight is 227 g/mol. The van der Waals surface area contributed by atoms with Crippen molar-refractivity contribution in [3.63, 3.8) is 0 Å². The van der Waals surface area contributed by atoms with Crippen molar-refractivity contribution in [2.24, 2.45) is 4.99 Å². The molecule has 0 amide bonds. The SMILES string of the molecule is C=C/N=C\c1cc(C(C)CCC)ccc1C=C. The summed E-state index contributed by atoms with van der Waals surface area (Å²) in [6.07, 6.45) is 7.67. The molecule has 0 spiro atoms. The highest BCUT2D eigenvalue weighted by Crippen LogP contribution is 2.23. The highest BCUT2D eigenvalue weighted by molar-refractivity contribution is 5.86. The molecule has 0 fully saturated rings. The Balaban J connectivity index is 3.07. The van der Waals surface area contributed by atoms with Gasteiger partial charge in [-0.2, -0.15) is 0 Å². The Bertz CT molecular complexity index is 416. The molecule has 0 N–H and O–H groups in total. The lowest BCUT2D eigenvalue weighted by atomic mass is 9.93. The van der Waals surface area contributed by atoms with Gasteiger partial charge in [-0.25, -0.2) is 0 Å². The van der Waals surface area contributed by atoms with Gasteiger partial charge in [-0.1, -0.05) is 51.6 Å². The Morgan fingerprint density at radius 2 is 2.06 bits per heavy atom. The highest BCUT2D eigenvalue weighted by atomic mass is 14.7. The van der Waals surface area contributed by atoms with Gasteiger partial charge in [0.25, 0.3) is 0 Å². The molecule has 1 rings (SSSR count). The number of aliphatic imine (C=N–C) groups is 1. The molecule has 0 aliphatic carbocycles. The van der Waals surface area contributed by atoms with Gasteiger partial charge in [0.05, 0.1) is 0 Å². The lowest BCUT2D eigenvalue weighted by Gasteiger charge is -2.12. The lowest BCUT2D eigenvalue weighted by molar-refractivity contribution is 0.665.